The fourth-order valence-electron chi connectivity index (χ4n) is 4.63. The molecule has 3 aromatic rings. The van der Waals surface area contributed by atoms with Gasteiger partial charge in [-0.1, -0.05) is 66.7 Å². The number of benzene rings is 3. The van der Waals surface area contributed by atoms with Crippen LogP contribution in [0.5, 0.6) is 5.75 Å². The molecule has 0 aliphatic carbocycles. The van der Waals surface area contributed by atoms with E-state index in [-0.39, 0.29) is 13.2 Å². The molecular formula is C27H32BNO6. The van der Waals surface area contributed by atoms with Crippen molar-refractivity contribution in [3.05, 3.63) is 101 Å². The van der Waals surface area contributed by atoms with Gasteiger partial charge in [0.25, 0.3) is 0 Å². The van der Waals surface area contributed by atoms with Crippen LogP contribution in [0.1, 0.15) is 22.3 Å². The van der Waals surface area contributed by atoms with Gasteiger partial charge < -0.3 is 34.8 Å². The van der Waals surface area contributed by atoms with E-state index in [4.69, 9.17) is 14.2 Å². The molecule has 7 nitrogen and oxygen atoms in total. The number of aliphatic hydroxyl groups excluding tert-OH is 3. The van der Waals surface area contributed by atoms with E-state index < -0.39 is 29.9 Å². The summed E-state index contributed by atoms with van der Waals surface area (Å²) in [5.41, 5.74) is 2.35. The summed E-state index contributed by atoms with van der Waals surface area (Å²) in [5, 5.41) is 33.7. The molecule has 0 amide bonds. The Hall–Kier alpha value is -2.72. The number of aliphatic hydroxyl groups is 3. The fourth-order valence-corrected chi connectivity index (χ4v) is 4.63. The van der Waals surface area contributed by atoms with E-state index in [1.54, 1.807) is 14.2 Å². The molecule has 35 heavy (non-hydrogen) atoms. The SMILES string of the molecule is CNB[C@@H]1O[C@H](COC(c2ccccc2)(c2ccc(CO)cc2)c2ccc(OC)cc2)C(O)[C@@H]1O. The van der Waals surface area contributed by atoms with Gasteiger partial charge in [-0.3, -0.25) is 0 Å². The molecule has 0 aromatic heterocycles. The number of hydrogen-bond acceptors (Lipinski definition) is 7. The van der Waals surface area contributed by atoms with Crippen LogP contribution in [0.15, 0.2) is 78.9 Å². The van der Waals surface area contributed by atoms with E-state index in [1.807, 2.05) is 78.9 Å². The summed E-state index contributed by atoms with van der Waals surface area (Å²) >= 11 is 0. The zero-order chi connectivity index (χ0) is 24.8. The van der Waals surface area contributed by atoms with Crippen molar-refractivity contribution < 1.29 is 29.5 Å². The summed E-state index contributed by atoms with van der Waals surface area (Å²) < 4.78 is 18.1. The predicted molar refractivity (Wildman–Crippen MR) is 135 cm³/mol. The first kappa shape index (κ1) is 25.4. The molecule has 0 radical (unpaired) electrons. The molecule has 2 unspecified atom stereocenters. The Kier molecular flexibility index (Phi) is 8.23. The quantitative estimate of drug-likeness (QED) is 0.260. The molecular weight excluding hydrogens is 445 g/mol. The van der Waals surface area contributed by atoms with Gasteiger partial charge in [0.2, 0.25) is 7.41 Å². The average molecular weight is 477 g/mol. The van der Waals surface area contributed by atoms with Gasteiger partial charge in [-0.25, -0.2) is 0 Å². The minimum atomic E-state index is -1.07. The average Bonchev–Trinajstić information content (AvgIpc) is 3.18. The second-order valence-corrected chi connectivity index (χ2v) is 8.69. The third-order valence-electron chi connectivity index (χ3n) is 6.55. The summed E-state index contributed by atoms with van der Waals surface area (Å²) in [4.78, 5) is 0. The molecule has 5 atom stereocenters. The second-order valence-electron chi connectivity index (χ2n) is 8.69. The normalized spacial score (nSPS) is 23.6. The maximum atomic E-state index is 10.7. The van der Waals surface area contributed by atoms with Crippen LogP contribution in [-0.2, 0) is 21.7 Å². The smallest absolute Gasteiger partial charge is 0.237 e. The molecule has 1 fully saturated rings. The zero-order valence-corrected chi connectivity index (χ0v) is 20.0. The van der Waals surface area contributed by atoms with Crippen molar-refractivity contribution in [3.63, 3.8) is 0 Å². The van der Waals surface area contributed by atoms with E-state index in [1.165, 1.54) is 0 Å². The number of rotatable bonds is 10. The predicted octanol–water partition coefficient (Wildman–Crippen LogP) is 1.51. The first-order valence-electron chi connectivity index (χ1n) is 11.7. The molecule has 1 aliphatic heterocycles. The number of nitrogens with one attached hydrogen (secondary N) is 1. The lowest BCUT2D eigenvalue weighted by molar-refractivity contribution is -0.0755. The standard InChI is InChI=1S/C27H32BNO6/c1-29-28-26-25(32)24(31)23(35-26)17-34-27(19-6-4-3-5-7-19,20-10-8-18(16-30)9-11-20)21-12-14-22(33-2)15-13-21/h3-15,23-26,28-32H,16-17H2,1-2H3/t23-,24?,25+,26-,27?/m1/s1. The fraction of sp³-hybridized carbons (Fsp3) is 0.333. The highest BCUT2D eigenvalue weighted by molar-refractivity contribution is 6.34. The van der Waals surface area contributed by atoms with E-state index in [2.05, 4.69) is 5.23 Å². The van der Waals surface area contributed by atoms with Gasteiger partial charge >= 0.3 is 0 Å². The molecule has 184 valence electrons. The van der Waals surface area contributed by atoms with Crippen LogP contribution in [0.3, 0.4) is 0 Å². The maximum absolute atomic E-state index is 10.7. The molecule has 1 aliphatic rings. The van der Waals surface area contributed by atoms with Crippen LogP contribution in [0.4, 0.5) is 0 Å². The Bertz CT molecular complexity index is 1020. The largest absolute Gasteiger partial charge is 0.497 e. The highest BCUT2D eigenvalue weighted by atomic mass is 16.6. The Balaban J connectivity index is 1.79. The number of methoxy groups -OCH3 is 1. The van der Waals surface area contributed by atoms with Crippen LogP contribution in [-0.4, -0.2) is 67.8 Å². The Morgan fingerprint density at radius 1 is 0.886 bits per heavy atom. The van der Waals surface area contributed by atoms with Crippen molar-refractivity contribution >= 4 is 7.41 Å². The third kappa shape index (κ3) is 5.13. The lowest BCUT2D eigenvalue weighted by Crippen LogP contribution is -2.40. The molecule has 1 saturated heterocycles. The maximum Gasteiger partial charge on any atom is 0.237 e. The summed E-state index contributed by atoms with van der Waals surface area (Å²) in [6.45, 7) is -0.0179. The van der Waals surface area contributed by atoms with Crippen molar-refractivity contribution in [2.45, 2.75) is 36.5 Å². The van der Waals surface area contributed by atoms with Crippen molar-refractivity contribution in [1.29, 1.82) is 0 Å². The molecule has 8 heteroatoms. The van der Waals surface area contributed by atoms with Crippen molar-refractivity contribution in [3.8, 4) is 5.75 Å². The summed E-state index contributed by atoms with van der Waals surface area (Å²) in [5.74, 6) is 0.721. The monoisotopic (exact) mass is 477 g/mol. The number of ether oxygens (including phenoxy) is 3. The Labute approximate surface area is 206 Å². The summed E-state index contributed by atoms with van der Waals surface area (Å²) in [6.07, 6.45) is -2.79. The molecule has 4 rings (SSSR count). The van der Waals surface area contributed by atoms with Crippen molar-refractivity contribution in [2.24, 2.45) is 0 Å². The van der Waals surface area contributed by atoms with Crippen LogP contribution in [0.2, 0.25) is 0 Å². The molecule has 0 spiro atoms. The van der Waals surface area contributed by atoms with E-state index in [9.17, 15) is 15.3 Å². The lowest BCUT2D eigenvalue weighted by Gasteiger charge is -2.37. The van der Waals surface area contributed by atoms with E-state index in [0.29, 0.717) is 7.41 Å². The Morgan fingerprint density at radius 3 is 2.06 bits per heavy atom. The van der Waals surface area contributed by atoms with E-state index in [0.717, 1.165) is 28.0 Å². The molecule has 0 saturated carbocycles. The highest BCUT2D eigenvalue weighted by Gasteiger charge is 2.45. The van der Waals surface area contributed by atoms with Crippen LogP contribution < -0.4 is 9.96 Å². The number of hydrogen-bond donors (Lipinski definition) is 4. The lowest BCUT2D eigenvalue weighted by atomic mass is 9.79. The van der Waals surface area contributed by atoms with E-state index >= 15 is 0 Å². The Morgan fingerprint density at radius 2 is 1.49 bits per heavy atom. The van der Waals surface area contributed by atoms with Gasteiger partial charge in [-0.15, -0.1) is 0 Å². The molecule has 0 bridgehead atoms. The minimum absolute atomic E-state index is 0.0428. The van der Waals surface area contributed by atoms with Gasteiger partial charge in [0, 0.05) is 0 Å². The van der Waals surface area contributed by atoms with Crippen LogP contribution in [0, 0.1) is 0 Å². The topological polar surface area (TPSA) is 100 Å². The van der Waals surface area contributed by atoms with Crippen LogP contribution in [0.25, 0.3) is 0 Å². The summed E-state index contributed by atoms with van der Waals surface area (Å²) in [6, 6.07) is 24.6. The van der Waals surface area contributed by atoms with Gasteiger partial charge in [-0.2, -0.15) is 0 Å². The summed E-state index contributed by atoms with van der Waals surface area (Å²) in [7, 11) is 3.81. The van der Waals surface area contributed by atoms with Crippen LogP contribution >= 0.6 is 0 Å². The highest BCUT2D eigenvalue weighted by Crippen LogP contribution is 2.42. The molecule has 4 N–H and O–H groups in total. The minimum Gasteiger partial charge on any atom is -0.497 e. The first-order chi connectivity index (χ1) is 17.0. The van der Waals surface area contributed by atoms with Gasteiger partial charge in [-0.05, 0) is 41.4 Å². The first-order valence-corrected chi connectivity index (χ1v) is 11.7. The van der Waals surface area contributed by atoms with Gasteiger partial charge in [0.15, 0.2) is 0 Å². The van der Waals surface area contributed by atoms with Gasteiger partial charge in [0.05, 0.1) is 26.3 Å². The zero-order valence-electron chi connectivity index (χ0n) is 20.0. The molecule has 3 aromatic carbocycles. The third-order valence-corrected chi connectivity index (χ3v) is 6.55. The van der Waals surface area contributed by atoms with Gasteiger partial charge in [0.1, 0.15) is 29.7 Å². The van der Waals surface area contributed by atoms with Crippen molar-refractivity contribution in [2.75, 3.05) is 20.8 Å². The second kappa shape index (κ2) is 11.3. The molecule has 1 heterocycles. The van der Waals surface area contributed by atoms with Crippen molar-refractivity contribution in [1.82, 2.24) is 5.23 Å².